The van der Waals surface area contributed by atoms with Crippen LogP contribution in [0.4, 0.5) is 0 Å². The van der Waals surface area contributed by atoms with Gasteiger partial charge in [-0.15, -0.1) is 0 Å². The van der Waals surface area contributed by atoms with Crippen LogP contribution in [0.3, 0.4) is 0 Å². The lowest BCUT2D eigenvalue weighted by Crippen LogP contribution is -2.12. The van der Waals surface area contributed by atoms with E-state index in [1.807, 2.05) is 79.7 Å². The summed E-state index contributed by atoms with van der Waals surface area (Å²) in [6, 6.07) is 14.2. The van der Waals surface area contributed by atoms with Crippen molar-refractivity contribution in [1.29, 1.82) is 5.26 Å². The summed E-state index contributed by atoms with van der Waals surface area (Å²) in [5.74, 6) is 2.07. The van der Waals surface area contributed by atoms with Crippen molar-refractivity contribution < 1.29 is 9.47 Å². The lowest BCUT2D eigenvalue weighted by Gasteiger charge is -2.22. The van der Waals surface area contributed by atoms with Crippen molar-refractivity contribution in [2.45, 2.75) is 107 Å². The second-order valence-electron chi connectivity index (χ2n) is 8.87. The first-order valence-electron chi connectivity index (χ1n) is 14.7. The van der Waals surface area contributed by atoms with Gasteiger partial charge >= 0.3 is 0 Å². The Morgan fingerprint density at radius 2 is 1.59 bits per heavy atom. The van der Waals surface area contributed by atoms with Gasteiger partial charge in [0.25, 0.3) is 0 Å². The molecule has 2 aromatic rings. The third-order valence-corrected chi connectivity index (χ3v) is 6.32. The van der Waals surface area contributed by atoms with Crippen molar-refractivity contribution in [1.82, 2.24) is 0 Å². The number of nitriles is 1. The lowest BCUT2D eigenvalue weighted by atomic mass is 9.85. The first kappa shape index (κ1) is 35.7. The number of nitrogens with zero attached hydrogens (tertiary/aromatic N) is 2. The molecule has 0 amide bonds. The zero-order chi connectivity index (χ0) is 29.8. The minimum Gasteiger partial charge on any atom is -0.454 e. The predicted molar refractivity (Wildman–Crippen MR) is 169 cm³/mol. The maximum Gasteiger partial charge on any atom is 0.231 e. The molecule has 2 aromatic carbocycles. The minimum absolute atomic E-state index is 0.322. The monoisotopic (exact) mass is 532 g/mol. The van der Waals surface area contributed by atoms with Crippen LogP contribution in [0.25, 0.3) is 0 Å². The second-order valence-corrected chi connectivity index (χ2v) is 8.87. The summed E-state index contributed by atoms with van der Waals surface area (Å²) < 4.78 is 10.9. The minimum atomic E-state index is 0.322. The first-order chi connectivity index (χ1) is 18.9. The highest BCUT2D eigenvalue weighted by Gasteiger charge is 2.20. The number of benzene rings is 2. The Morgan fingerprint density at radius 3 is 2.18 bits per heavy atom. The second kappa shape index (κ2) is 20.6. The summed E-state index contributed by atoms with van der Waals surface area (Å²) >= 11 is 0. The zero-order valence-electron chi connectivity index (χ0n) is 26.3. The Kier molecular flexibility index (Phi) is 18.9. The number of aliphatic imine (C=N–C) groups is 1. The van der Waals surface area contributed by atoms with Gasteiger partial charge in [0.15, 0.2) is 11.5 Å². The first-order valence-corrected chi connectivity index (χ1v) is 14.7. The largest absolute Gasteiger partial charge is 0.454 e. The Hall–Kier alpha value is -3.32. The van der Waals surface area contributed by atoms with Crippen molar-refractivity contribution in [3.63, 3.8) is 0 Å². The highest BCUT2D eigenvalue weighted by atomic mass is 16.7. The molecule has 1 atom stereocenters. The third-order valence-electron chi connectivity index (χ3n) is 6.32. The van der Waals surface area contributed by atoms with Crippen LogP contribution in [0.1, 0.15) is 116 Å². The molecular weight excluding hydrogens is 480 g/mol. The Morgan fingerprint density at radius 1 is 0.949 bits per heavy atom. The standard InChI is InChI=1S/C20H25NO2.C9H9N.3C2H6/c1-4-21-18(17-8-6-5-7-14(17)2)11-15(3)16-9-10-19-20(12-16)23-13-22-19;1-7-3-4-8(2)9(5-7)6-10;3*1-2/h4,9-10,12,15H,1,5-8,11,13H2,2-3H3;3-5H,1-2H3;3*1-2H3. The van der Waals surface area contributed by atoms with Crippen LogP contribution < -0.4 is 9.47 Å². The molecule has 214 valence electrons. The van der Waals surface area contributed by atoms with E-state index in [1.54, 1.807) is 6.20 Å². The molecular formula is C35H52N2O2. The van der Waals surface area contributed by atoms with Gasteiger partial charge in [0.05, 0.1) is 11.6 Å². The highest BCUT2D eigenvalue weighted by molar-refractivity contribution is 6.01. The SMILES string of the molecule is C=CN=C(CC(C)c1ccc2c(c1)OCO2)C1=C(C)CCCC1.CC.CC.CC.Cc1ccc(C)c(C#N)c1. The van der Waals surface area contributed by atoms with Gasteiger partial charge in [0.2, 0.25) is 6.79 Å². The van der Waals surface area contributed by atoms with Crippen LogP contribution >= 0.6 is 0 Å². The molecule has 4 heteroatoms. The molecule has 39 heavy (non-hydrogen) atoms. The fraction of sp³-hybridized carbons (Fsp3) is 0.486. The summed E-state index contributed by atoms with van der Waals surface area (Å²) in [6.07, 6.45) is 7.51. The van der Waals surface area contributed by atoms with E-state index in [-0.39, 0.29) is 0 Å². The maximum absolute atomic E-state index is 8.59. The van der Waals surface area contributed by atoms with Crippen LogP contribution in [0.2, 0.25) is 0 Å². The van der Waals surface area contributed by atoms with Gasteiger partial charge in [-0.3, -0.25) is 4.99 Å². The van der Waals surface area contributed by atoms with Crippen molar-refractivity contribution in [2.24, 2.45) is 4.99 Å². The number of aryl methyl sites for hydroxylation is 2. The Bertz CT molecular complexity index is 1110. The van der Waals surface area contributed by atoms with E-state index >= 15 is 0 Å². The smallest absolute Gasteiger partial charge is 0.231 e. The van der Waals surface area contributed by atoms with Crippen molar-refractivity contribution >= 4 is 5.71 Å². The average molecular weight is 533 g/mol. The van der Waals surface area contributed by atoms with Gasteiger partial charge in [-0.05, 0) is 99.3 Å². The van der Waals surface area contributed by atoms with Crippen molar-refractivity contribution in [3.05, 3.63) is 82.6 Å². The summed E-state index contributed by atoms with van der Waals surface area (Å²) in [4.78, 5) is 4.60. The number of allylic oxidation sites excluding steroid dienone is 2. The molecule has 2 aliphatic rings. The third kappa shape index (κ3) is 11.5. The molecule has 0 N–H and O–H groups in total. The molecule has 0 spiro atoms. The quantitative estimate of drug-likeness (QED) is 0.360. The lowest BCUT2D eigenvalue weighted by molar-refractivity contribution is 0.174. The van der Waals surface area contributed by atoms with Gasteiger partial charge in [0.1, 0.15) is 0 Å². The molecule has 1 aliphatic heterocycles. The summed E-state index contributed by atoms with van der Waals surface area (Å²) in [5, 5.41) is 8.59. The fourth-order valence-corrected chi connectivity index (χ4v) is 4.29. The summed E-state index contributed by atoms with van der Waals surface area (Å²) in [7, 11) is 0. The molecule has 1 aliphatic carbocycles. The maximum atomic E-state index is 8.59. The number of ether oxygens (including phenoxy) is 2. The van der Waals surface area contributed by atoms with Crippen LogP contribution in [0, 0.1) is 25.2 Å². The zero-order valence-corrected chi connectivity index (χ0v) is 26.3. The molecule has 1 heterocycles. The normalized spacial score (nSPS) is 13.9. The molecule has 0 fully saturated rings. The molecule has 4 nitrogen and oxygen atoms in total. The topological polar surface area (TPSA) is 54.6 Å². The van der Waals surface area contributed by atoms with Gasteiger partial charge < -0.3 is 9.47 Å². The fourth-order valence-electron chi connectivity index (χ4n) is 4.29. The number of rotatable bonds is 5. The summed E-state index contributed by atoms with van der Waals surface area (Å²) in [6.45, 7) is 24.5. The van der Waals surface area contributed by atoms with Gasteiger partial charge in [-0.2, -0.15) is 5.26 Å². The predicted octanol–water partition coefficient (Wildman–Crippen LogP) is 10.6. The van der Waals surface area contributed by atoms with Crippen molar-refractivity contribution in [2.75, 3.05) is 6.79 Å². The van der Waals surface area contributed by atoms with E-state index in [0.717, 1.165) is 41.0 Å². The molecule has 1 unspecified atom stereocenters. The Balaban J connectivity index is 0.000000756. The number of hydrogen-bond donors (Lipinski definition) is 0. The molecule has 0 saturated heterocycles. The van der Waals surface area contributed by atoms with Gasteiger partial charge in [0, 0.05) is 11.9 Å². The van der Waals surface area contributed by atoms with E-state index in [0.29, 0.717) is 12.7 Å². The highest BCUT2D eigenvalue weighted by Crippen LogP contribution is 2.36. The van der Waals surface area contributed by atoms with E-state index in [4.69, 9.17) is 14.7 Å². The molecule has 0 saturated carbocycles. The van der Waals surface area contributed by atoms with E-state index < -0.39 is 0 Å². The molecule has 4 rings (SSSR count). The number of fused-ring (bicyclic) bond motifs is 1. The average Bonchev–Trinajstić information content (AvgIpc) is 3.46. The van der Waals surface area contributed by atoms with Gasteiger partial charge in [-0.25, -0.2) is 0 Å². The van der Waals surface area contributed by atoms with Crippen LogP contribution in [0.15, 0.2) is 65.3 Å². The number of hydrogen-bond acceptors (Lipinski definition) is 4. The van der Waals surface area contributed by atoms with Crippen LogP contribution in [-0.4, -0.2) is 12.5 Å². The van der Waals surface area contributed by atoms with E-state index in [1.165, 1.54) is 41.7 Å². The van der Waals surface area contributed by atoms with Crippen LogP contribution in [0.5, 0.6) is 11.5 Å². The molecule has 0 bridgehead atoms. The Labute approximate surface area is 239 Å². The van der Waals surface area contributed by atoms with E-state index in [2.05, 4.69) is 43.6 Å². The van der Waals surface area contributed by atoms with E-state index in [9.17, 15) is 0 Å². The van der Waals surface area contributed by atoms with Crippen LogP contribution in [-0.2, 0) is 0 Å². The molecule has 0 radical (unpaired) electrons. The molecule has 0 aromatic heterocycles. The van der Waals surface area contributed by atoms with Gasteiger partial charge in [-0.1, -0.05) is 78.8 Å². The van der Waals surface area contributed by atoms with Crippen molar-refractivity contribution in [3.8, 4) is 17.6 Å². The summed E-state index contributed by atoms with van der Waals surface area (Å²) in [5.41, 5.74) is 8.37.